The Hall–Kier alpha value is -1.98. The van der Waals surface area contributed by atoms with E-state index in [1.165, 1.54) is 25.7 Å². The Bertz CT molecular complexity index is 606. The standard InChI is InChI=1S/C19H29N3O3/c1-3-19(4-2,18(23)24)21-16-10-9-15(22-11-5-6-12-22)17(20-16)25-13-14-7-8-14/h9-10,14H,3-8,11-13H2,1-2H3,(H,20,21)(H,23,24). The summed E-state index contributed by atoms with van der Waals surface area (Å²) in [6, 6.07) is 3.89. The largest absolute Gasteiger partial charge is 0.480 e. The first-order valence-electron chi connectivity index (χ1n) is 9.48. The van der Waals surface area contributed by atoms with Gasteiger partial charge in [0.2, 0.25) is 5.88 Å². The molecule has 6 nitrogen and oxygen atoms in total. The molecular formula is C19H29N3O3. The van der Waals surface area contributed by atoms with Gasteiger partial charge in [-0.1, -0.05) is 13.8 Å². The van der Waals surface area contributed by atoms with E-state index in [4.69, 9.17) is 4.74 Å². The van der Waals surface area contributed by atoms with E-state index in [1.807, 2.05) is 26.0 Å². The molecule has 2 N–H and O–H groups in total. The normalized spacial score (nSPS) is 17.6. The van der Waals surface area contributed by atoms with Gasteiger partial charge in [0.05, 0.1) is 6.61 Å². The summed E-state index contributed by atoms with van der Waals surface area (Å²) in [4.78, 5) is 18.7. The van der Waals surface area contributed by atoms with E-state index in [9.17, 15) is 9.90 Å². The minimum absolute atomic E-state index is 0.493. The molecule has 0 atom stereocenters. The van der Waals surface area contributed by atoms with Crippen LogP contribution >= 0.6 is 0 Å². The van der Waals surface area contributed by atoms with Gasteiger partial charge in [0, 0.05) is 13.1 Å². The number of aromatic nitrogens is 1. The summed E-state index contributed by atoms with van der Waals surface area (Å²) >= 11 is 0. The molecule has 25 heavy (non-hydrogen) atoms. The van der Waals surface area contributed by atoms with Gasteiger partial charge >= 0.3 is 5.97 Å². The highest BCUT2D eigenvalue weighted by Crippen LogP contribution is 2.35. The molecule has 0 unspecified atom stereocenters. The van der Waals surface area contributed by atoms with Crippen LogP contribution in [0, 0.1) is 5.92 Å². The van der Waals surface area contributed by atoms with Gasteiger partial charge in [0.15, 0.2) is 0 Å². The van der Waals surface area contributed by atoms with Crippen LogP contribution < -0.4 is 15.0 Å². The number of carboxylic acid groups (broad SMARTS) is 1. The van der Waals surface area contributed by atoms with E-state index < -0.39 is 11.5 Å². The number of nitrogens with zero attached hydrogens (tertiary/aromatic N) is 2. The van der Waals surface area contributed by atoms with E-state index in [-0.39, 0.29) is 0 Å². The van der Waals surface area contributed by atoms with Gasteiger partial charge in [-0.15, -0.1) is 0 Å². The molecular weight excluding hydrogens is 318 g/mol. The number of anilines is 2. The Morgan fingerprint density at radius 1 is 1.32 bits per heavy atom. The molecule has 0 amide bonds. The molecule has 138 valence electrons. The Kier molecular flexibility index (Phi) is 5.35. The fourth-order valence-electron chi connectivity index (χ4n) is 3.32. The van der Waals surface area contributed by atoms with Gasteiger partial charge in [0.1, 0.15) is 17.0 Å². The van der Waals surface area contributed by atoms with E-state index in [2.05, 4.69) is 15.2 Å². The average molecular weight is 347 g/mol. The van der Waals surface area contributed by atoms with Crippen molar-refractivity contribution in [2.75, 3.05) is 29.9 Å². The van der Waals surface area contributed by atoms with Crippen molar-refractivity contribution in [3.63, 3.8) is 0 Å². The lowest BCUT2D eigenvalue weighted by Crippen LogP contribution is -2.45. The van der Waals surface area contributed by atoms with Gasteiger partial charge in [-0.05, 0) is 56.6 Å². The van der Waals surface area contributed by atoms with Crippen molar-refractivity contribution in [3.05, 3.63) is 12.1 Å². The number of carbonyl (C=O) groups is 1. The van der Waals surface area contributed by atoms with Crippen LogP contribution in [0.15, 0.2) is 12.1 Å². The fourth-order valence-corrected chi connectivity index (χ4v) is 3.32. The summed E-state index contributed by atoms with van der Waals surface area (Å²) in [6.07, 6.45) is 5.82. The van der Waals surface area contributed by atoms with Crippen molar-refractivity contribution < 1.29 is 14.6 Å². The first-order chi connectivity index (χ1) is 12.1. The van der Waals surface area contributed by atoms with Gasteiger partial charge in [-0.25, -0.2) is 4.79 Å². The van der Waals surface area contributed by atoms with Crippen LogP contribution in [0.3, 0.4) is 0 Å². The van der Waals surface area contributed by atoms with Crippen LogP contribution in [0.2, 0.25) is 0 Å². The van der Waals surface area contributed by atoms with Gasteiger partial charge in [0.25, 0.3) is 0 Å². The molecule has 6 heteroatoms. The van der Waals surface area contributed by atoms with E-state index in [0.29, 0.717) is 37.1 Å². The smallest absolute Gasteiger partial charge is 0.329 e. The number of pyridine rings is 1. The van der Waals surface area contributed by atoms with E-state index >= 15 is 0 Å². The lowest BCUT2D eigenvalue weighted by molar-refractivity contribution is -0.142. The Morgan fingerprint density at radius 2 is 2.00 bits per heavy atom. The van der Waals surface area contributed by atoms with Crippen LogP contribution in [0.5, 0.6) is 5.88 Å². The Morgan fingerprint density at radius 3 is 2.56 bits per heavy atom. The SMILES string of the molecule is CCC(CC)(Nc1ccc(N2CCCC2)c(OCC2CC2)n1)C(=O)O. The summed E-state index contributed by atoms with van der Waals surface area (Å²) in [5.74, 6) is 1.00. The summed E-state index contributed by atoms with van der Waals surface area (Å²) in [5, 5.41) is 12.8. The number of hydrogen-bond acceptors (Lipinski definition) is 5. The number of nitrogens with one attached hydrogen (secondary N) is 1. The number of rotatable bonds is 9. The second kappa shape index (κ2) is 7.50. The van der Waals surface area contributed by atoms with Crippen molar-refractivity contribution in [3.8, 4) is 5.88 Å². The van der Waals surface area contributed by atoms with Crippen LogP contribution in [0.1, 0.15) is 52.4 Å². The molecule has 1 aromatic heterocycles. The highest BCUT2D eigenvalue weighted by molar-refractivity contribution is 5.82. The molecule has 1 aromatic rings. The monoisotopic (exact) mass is 347 g/mol. The third-order valence-corrected chi connectivity index (χ3v) is 5.42. The molecule has 3 rings (SSSR count). The van der Waals surface area contributed by atoms with E-state index in [1.54, 1.807) is 0 Å². The van der Waals surface area contributed by atoms with Gasteiger partial charge < -0.3 is 20.1 Å². The zero-order valence-electron chi connectivity index (χ0n) is 15.3. The highest BCUT2D eigenvalue weighted by Gasteiger charge is 2.35. The fraction of sp³-hybridized carbons (Fsp3) is 0.684. The third-order valence-electron chi connectivity index (χ3n) is 5.42. The average Bonchev–Trinajstić information content (AvgIpc) is 3.29. The first kappa shape index (κ1) is 17.8. The Labute approximate surface area is 149 Å². The number of ether oxygens (including phenoxy) is 1. The van der Waals surface area contributed by atoms with Crippen molar-refractivity contribution in [2.24, 2.45) is 5.92 Å². The van der Waals surface area contributed by atoms with Crippen LogP contribution in [0.25, 0.3) is 0 Å². The molecule has 1 saturated carbocycles. The minimum Gasteiger partial charge on any atom is -0.480 e. The molecule has 1 saturated heterocycles. The van der Waals surface area contributed by atoms with Crippen molar-refractivity contribution >= 4 is 17.5 Å². The van der Waals surface area contributed by atoms with E-state index in [0.717, 1.165) is 18.8 Å². The molecule has 2 heterocycles. The molecule has 0 bridgehead atoms. The lowest BCUT2D eigenvalue weighted by Gasteiger charge is -2.29. The maximum atomic E-state index is 11.7. The van der Waals surface area contributed by atoms with Crippen molar-refractivity contribution in [1.29, 1.82) is 0 Å². The number of aliphatic carboxylic acids is 1. The maximum absolute atomic E-state index is 11.7. The first-order valence-corrected chi connectivity index (χ1v) is 9.48. The predicted octanol–water partition coefficient (Wildman–Crippen LogP) is 3.53. The lowest BCUT2D eigenvalue weighted by atomic mass is 9.93. The summed E-state index contributed by atoms with van der Waals surface area (Å²) in [7, 11) is 0. The number of carboxylic acids is 1. The van der Waals surface area contributed by atoms with Gasteiger partial charge in [-0.3, -0.25) is 0 Å². The zero-order valence-corrected chi connectivity index (χ0v) is 15.3. The van der Waals surface area contributed by atoms with Crippen molar-refractivity contribution in [2.45, 2.75) is 57.9 Å². The topological polar surface area (TPSA) is 74.7 Å². The minimum atomic E-state index is -0.990. The quantitative estimate of drug-likeness (QED) is 0.712. The molecule has 0 radical (unpaired) electrons. The maximum Gasteiger partial charge on any atom is 0.329 e. The molecule has 0 aromatic carbocycles. The molecule has 2 fully saturated rings. The second-order valence-corrected chi connectivity index (χ2v) is 7.19. The second-order valence-electron chi connectivity index (χ2n) is 7.19. The summed E-state index contributed by atoms with van der Waals surface area (Å²) in [6.45, 7) is 6.51. The van der Waals surface area contributed by atoms with Gasteiger partial charge in [-0.2, -0.15) is 4.98 Å². The predicted molar refractivity (Wildman–Crippen MR) is 98.5 cm³/mol. The molecule has 0 spiro atoms. The highest BCUT2D eigenvalue weighted by atomic mass is 16.5. The summed E-state index contributed by atoms with van der Waals surface area (Å²) in [5.41, 5.74) is 0.0354. The number of hydrogen-bond donors (Lipinski definition) is 2. The van der Waals surface area contributed by atoms with Crippen LogP contribution in [-0.2, 0) is 4.79 Å². The Balaban J connectivity index is 1.83. The van der Waals surface area contributed by atoms with Crippen LogP contribution in [-0.4, -0.2) is 41.3 Å². The molecule has 1 aliphatic carbocycles. The van der Waals surface area contributed by atoms with Crippen LogP contribution in [0.4, 0.5) is 11.5 Å². The molecule has 1 aliphatic heterocycles. The molecule has 2 aliphatic rings. The zero-order chi connectivity index (χ0) is 17.9. The summed E-state index contributed by atoms with van der Waals surface area (Å²) < 4.78 is 6.02. The van der Waals surface area contributed by atoms with Crippen molar-refractivity contribution in [1.82, 2.24) is 4.98 Å². The third kappa shape index (κ3) is 3.99.